The molecule has 0 aliphatic heterocycles. The fourth-order valence-corrected chi connectivity index (χ4v) is 3.61. The molecule has 0 N–H and O–H groups in total. The van der Waals surface area contributed by atoms with E-state index in [0.29, 0.717) is 66.1 Å². The Kier molecular flexibility index (Phi) is 15.6. The van der Waals surface area contributed by atoms with Gasteiger partial charge >= 0.3 is 0 Å². The van der Waals surface area contributed by atoms with Crippen LogP contribution in [-0.4, -0.2) is 84.1 Å². The third-order valence-corrected chi connectivity index (χ3v) is 5.58. The molecule has 0 radical (unpaired) electrons. The summed E-state index contributed by atoms with van der Waals surface area (Å²) in [5.74, 6) is 1.71. The second kappa shape index (κ2) is 20.1. The summed E-state index contributed by atoms with van der Waals surface area (Å²) < 4.78 is 34.0. The Labute approximate surface area is 227 Å². The zero-order valence-corrected chi connectivity index (χ0v) is 22.2. The van der Waals surface area contributed by atoms with Crippen LogP contribution in [0.1, 0.15) is 5.56 Å². The van der Waals surface area contributed by atoms with Crippen molar-refractivity contribution in [3.05, 3.63) is 96.6 Å². The van der Waals surface area contributed by atoms with Gasteiger partial charge in [-0.15, -0.1) is 0 Å². The van der Waals surface area contributed by atoms with Gasteiger partial charge < -0.3 is 28.4 Å². The zero-order chi connectivity index (χ0) is 26.4. The van der Waals surface area contributed by atoms with Crippen molar-refractivity contribution < 1.29 is 28.4 Å². The van der Waals surface area contributed by atoms with Crippen molar-refractivity contribution in [1.82, 2.24) is 4.90 Å². The van der Waals surface area contributed by atoms with Gasteiger partial charge in [0.2, 0.25) is 0 Å². The Balaban J connectivity index is 1.20. The maximum Gasteiger partial charge on any atom is 0.119 e. The van der Waals surface area contributed by atoms with E-state index in [-0.39, 0.29) is 0 Å². The third kappa shape index (κ3) is 14.1. The lowest BCUT2D eigenvalue weighted by Gasteiger charge is -2.22. The first-order chi connectivity index (χ1) is 18.9. The number of ether oxygens (including phenoxy) is 6. The first-order valence-corrected chi connectivity index (χ1v) is 13.3. The van der Waals surface area contributed by atoms with Gasteiger partial charge in [0.1, 0.15) is 24.7 Å². The molecular formula is C31H41NO6. The van der Waals surface area contributed by atoms with Crippen LogP contribution in [-0.2, 0) is 25.5 Å². The van der Waals surface area contributed by atoms with Gasteiger partial charge in [0.15, 0.2) is 0 Å². The van der Waals surface area contributed by atoms with Crippen molar-refractivity contribution >= 4 is 0 Å². The molecule has 0 bridgehead atoms. The molecule has 0 saturated carbocycles. The Bertz CT molecular complexity index is 871. The van der Waals surface area contributed by atoms with Crippen LogP contribution in [0, 0.1) is 0 Å². The van der Waals surface area contributed by atoms with E-state index < -0.39 is 0 Å². The maximum atomic E-state index is 5.80. The highest BCUT2D eigenvalue weighted by atomic mass is 16.5. The van der Waals surface area contributed by atoms with Crippen LogP contribution < -0.4 is 9.47 Å². The van der Waals surface area contributed by atoms with Gasteiger partial charge in [-0.05, 0) is 29.8 Å². The summed E-state index contributed by atoms with van der Waals surface area (Å²) in [5, 5.41) is 0. The van der Waals surface area contributed by atoms with Gasteiger partial charge in [-0.1, -0.05) is 66.7 Å². The Morgan fingerprint density at radius 3 is 1.21 bits per heavy atom. The average molecular weight is 524 g/mol. The van der Waals surface area contributed by atoms with Gasteiger partial charge in [0, 0.05) is 19.6 Å². The topological polar surface area (TPSA) is 58.6 Å². The highest BCUT2D eigenvalue weighted by Crippen LogP contribution is 2.08. The molecule has 3 rings (SSSR count). The summed E-state index contributed by atoms with van der Waals surface area (Å²) in [6.07, 6.45) is 0. The maximum absolute atomic E-state index is 5.80. The van der Waals surface area contributed by atoms with Gasteiger partial charge in [0.25, 0.3) is 0 Å². The second-order valence-corrected chi connectivity index (χ2v) is 8.53. The van der Waals surface area contributed by atoms with Crippen LogP contribution in [0.25, 0.3) is 0 Å². The summed E-state index contributed by atoms with van der Waals surface area (Å²) in [5.41, 5.74) is 1.27. The molecule has 3 aromatic carbocycles. The molecule has 38 heavy (non-hydrogen) atoms. The monoisotopic (exact) mass is 523 g/mol. The van der Waals surface area contributed by atoms with Crippen LogP contribution in [0.3, 0.4) is 0 Å². The first kappa shape index (κ1) is 29.6. The standard InChI is InChI=1S/C31H41NO6/c1-4-10-29(11-5-1)28-32(16-18-33-20-22-35-24-26-37-30-12-6-2-7-13-30)17-19-34-21-23-36-25-27-38-31-14-8-3-9-15-31/h1-15H,16-28H2. The Morgan fingerprint density at radius 1 is 0.395 bits per heavy atom. The van der Waals surface area contributed by atoms with Crippen LogP contribution in [0.2, 0.25) is 0 Å². The summed E-state index contributed by atoms with van der Waals surface area (Å²) in [4.78, 5) is 2.35. The molecule has 7 heteroatoms. The van der Waals surface area contributed by atoms with Crippen LogP contribution >= 0.6 is 0 Å². The third-order valence-electron chi connectivity index (χ3n) is 5.58. The molecule has 0 fully saturated rings. The average Bonchev–Trinajstić information content (AvgIpc) is 2.97. The second-order valence-electron chi connectivity index (χ2n) is 8.53. The van der Waals surface area contributed by atoms with E-state index in [4.69, 9.17) is 28.4 Å². The van der Waals surface area contributed by atoms with E-state index in [0.717, 1.165) is 31.1 Å². The van der Waals surface area contributed by atoms with Gasteiger partial charge in [-0.25, -0.2) is 0 Å². The fourth-order valence-electron chi connectivity index (χ4n) is 3.61. The molecule has 0 amide bonds. The van der Waals surface area contributed by atoms with Crippen molar-refractivity contribution in [3.63, 3.8) is 0 Å². The quantitative estimate of drug-likeness (QED) is 0.177. The normalized spacial score (nSPS) is 11.1. The fraction of sp³-hybridized carbons (Fsp3) is 0.419. The van der Waals surface area contributed by atoms with E-state index in [1.807, 2.05) is 66.7 Å². The number of hydrogen-bond donors (Lipinski definition) is 0. The number of para-hydroxylation sites is 2. The van der Waals surface area contributed by atoms with Crippen molar-refractivity contribution in [2.24, 2.45) is 0 Å². The highest BCUT2D eigenvalue weighted by Gasteiger charge is 2.06. The van der Waals surface area contributed by atoms with Crippen molar-refractivity contribution in [1.29, 1.82) is 0 Å². The Morgan fingerprint density at radius 2 is 0.763 bits per heavy atom. The van der Waals surface area contributed by atoms with E-state index in [9.17, 15) is 0 Å². The minimum Gasteiger partial charge on any atom is -0.491 e. The number of hydrogen-bond acceptors (Lipinski definition) is 7. The highest BCUT2D eigenvalue weighted by molar-refractivity contribution is 5.21. The lowest BCUT2D eigenvalue weighted by molar-refractivity contribution is 0.0156. The molecule has 0 heterocycles. The number of rotatable bonds is 22. The molecule has 0 saturated heterocycles. The van der Waals surface area contributed by atoms with Crippen LogP contribution in [0.15, 0.2) is 91.0 Å². The van der Waals surface area contributed by atoms with Crippen LogP contribution in [0.4, 0.5) is 0 Å². The van der Waals surface area contributed by atoms with Gasteiger partial charge in [-0.2, -0.15) is 0 Å². The molecule has 0 aromatic heterocycles. The molecule has 3 aromatic rings. The summed E-state index contributed by atoms with van der Waals surface area (Å²) in [6.45, 7) is 8.15. The van der Waals surface area contributed by atoms with Crippen molar-refractivity contribution in [2.75, 3.05) is 79.2 Å². The number of nitrogens with zero attached hydrogens (tertiary/aromatic N) is 1. The molecule has 0 aliphatic rings. The van der Waals surface area contributed by atoms with Crippen LogP contribution in [0.5, 0.6) is 11.5 Å². The Hall–Kier alpha value is -2.94. The lowest BCUT2D eigenvalue weighted by atomic mass is 10.2. The molecule has 7 nitrogen and oxygen atoms in total. The minimum atomic E-state index is 0.529. The molecular weight excluding hydrogens is 482 g/mol. The predicted molar refractivity (Wildman–Crippen MR) is 149 cm³/mol. The smallest absolute Gasteiger partial charge is 0.119 e. The van der Waals surface area contributed by atoms with Gasteiger partial charge in [0.05, 0.1) is 52.9 Å². The number of benzene rings is 3. The molecule has 0 spiro atoms. The summed E-state index contributed by atoms with van der Waals surface area (Å²) in [6, 6.07) is 30.0. The van der Waals surface area contributed by atoms with E-state index in [2.05, 4.69) is 29.2 Å². The summed E-state index contributed by atoms with van der Waals surface area (Å²) >= 11 is 0. The van der Waals surface area contributed by atoms with E-state index in [1.165, 1.54) is 5.56 Å². The minimum absolute atomic E-state index is 0.529. The molecule has 0 aliphatic carbocycles. The lowest BCUT2D eigenvalue weighted by Crippen LogP contribution is -2.31. The van der Waals surface area contributed by atoms with Crippen molar-refractivity contribution in [3.8, 4) is 11.5 Å². The molecule has 206 valence electrons. The van der Waals surface area contributed by atoms with E-state index >= 15 is 0 Å². The van der Waals surface area contributed by atoms with Gasteiger partial charge in [-0.3, -0.25) is 4.90 Å². The van der Waals surface area contributed by atoms with Crippen molar-refractivity contribution in [2.45, 2.75) is 6.54 Å². The molecule has 0 unspecified atom stereocenters. The summed E-state index contributed by atoms with van der Waals surface area (Å²) in [7, 11) is 0. The largest absolute Gasteiger partial charge is 0.491 e. The first-order valence-electron chi connectivity index (χ1n) is 13.3. The van der Waals surface area contributed by atoms with E-state index in [1.54, 1.807) is 0 Å². The SMILES string of the molecule is c1ccc(CN(CCOCCOCCOc2ccccc2)CCOCCOCCOc2ccccc2)cc1. The predicted octanol–water partition coefficient (Wildman–Crippen LogP) is 4.71. The molecule has 0 atom stereocenters. The zero-order valence-electron chi connectivity index (χ0n) is 22.2.